The maximum Gasteiger partial charge on any atom is 0.0970 e. The van der Waals surface area contributed by atoms with E-state index in [0.717, 1.165) is 29.0 Å². The molecule has 1 unspecified atom stereocenters. The molecule has 0 radical (unpaired) electrons. The maximum absolute atomic E-state index is 5.03. The largest absolute Gasteiger partial charge is 0.298 e. The molecule has 1 aliphatic heterocycles. The first-order chi connectivity index (χ1) is 13.1. The average molecular weight is 378 g/mol. The molecule has 4 heteroatoms. The third-order valence-electron chi connectivity index (χ3n) is 6.48. The monoisotopic (exact) mass is 377 g/mol. The molecule has 1 aromatic carbocycles. The summed E-state index contributed by atoms with van der Waals surface area (Å²) in [7, 11) is 0. The highest BCUT2D eigenvalue weighted by Crippen LogP contribution is 2.44. The summed E-state index contributed by atoms with van der Waals surface area (Å²) in [5.41, 5.74) is 5.74. The number of aryl methyl sites for hydroxylation is 2. The molecular weight excluding hydrogens is 350 g/mol. The number of aromatic nitrogens is 2. The lowest BCUT2D eigenvalue weighted by Crippen LogP contribution is -2.45. The summed E-state index contributed by atoms with van der Waals surface area (Å²) >= 11 is 1.89. The molecule has 140 valence electrons. The highest BCUT2D eigenvalue weighted by molar-refractivity contribution is 7.18. The maximum atomic E-state index is 5.03. The lowest BCUT2D eigenvalue weighted by Gasteiger charge is -2.42. The lowest BCUT2D eigenvalue weighted by atomic mass is 9.79. The van der Waals surface area contributed by atoms with Gasteiger partial charge in [-0.3, -0.25) is 9.88 Å². The van der Waals surface area contributed by atoms with Crippen molar-refractivity contribution in [2.75, 3.05) is 6.54 Å². The number of fused-ring (bicyclic) bond motifs is 1. The zero-order valence-corrected chi connectivity index (χ0v) is 17.2. The van der Waals surface area contributed by atoms with Gasteiger partial charge in [0.15, 0.2) is 0 Å². The van der Waals surface area contributed by atoms with Gasteiger partial charge in [-0.25, -0.2) is 4.98 Å². The van der Waals surface area contributed by atoms with Gasteiger partial charge in [-0.05, 0) is 76.8 Å². The number of hydrogen-bond acceptors (Lipinski definition) is 4. The normalized spacial score (nSPS) is 25.8. The second-order valence-electron chi connectivity index (χ2n) is 8.37. The number of pyridine rings is 1. The highest BCUT2D eigenvalue weighted by atomic mass is 32.1. The van der Waals surface area contributed by atoms with E-state index in [1.165, 1.54) is 53.1 Å². The van der Waals surface area contributed by atoms with Gasteiger partial charge in [0.25, 0.3) is 0 Å². The molecule has 2 aliphatic rings. The van der Waals surface area contributed by atoms with Crippen molar-refractivity contribution in [2.24, 2.45) is 0 Å². The fraction of sp³-hybridized carbons (Fsp3) is 0.478. The van der Waals surface area contributed by atoms with Crippen LogP contribution in [0.25, 0.3) is 21.3 Å². The predicted octanol–water partition coefficient (Wildman–Crippen LogP) is 5.71. The fourth-order valence-corrected chi connectivity index (χ4v) is 5.91. The Hall–Kier alpha value is -1.78. The van der Waals surface area contributed by atoms with Gasteiger partial charge in [-0.1, -0.05) is 12.1 Å². The van der Waals surface area contributed by atoms with Crippen LogP contribution in [0.4, 0.5) is 0 Å². The lowest BCUT2D eigenvalue weighted by molar-refractivity contribution is 0.103. The van der Waals surface area contributed by atoms with E-state index in [-0.39, 0.29) is 0 Å². The molecule has 2 aromatic heterocycles. The molecular formula is C23H27N3S. The summed E-state index contributed by atoms with van der Waals surface area (Å²) < 4.78 is 1.31. The van der Waals surface area contributed by atoms with Gasteiger partial charge in [0.05, 0.1) is 15.2 Å². The number of likely N-dealkylation sites (tertiary alicyclic amines) is 1. The Morgan fingerprint density at radius 1 is 1.07 bits per heavy atom. The van der Waals surface area contributed by atoms with Gasteiger partial charge < -0.3 is 0 Å². The van der Waals surface area contributed by atoms with Crippen LogP contribution in [0.1, 0.15) is 54.9 Å². The minimum Gasteiger partial charge on any atom is -0.298 e. The van der Waals surface area contributed by atoms with E-state index >= 15 is 0 Å². The number of thiazole rings is 1. The van der Waals surface area contributed by atoms with Gasteiger partial charge >= 0.3 is 0 Å². The Bertz CT molecular complexity index is 986. The SMILES string of the molecule is Cc1ccc(-c2ccc3sc(C4CC(N5CCCC5C)C4)nc3c2)c(C)n1. The van der Waals surface area contributed by atoms with Gasteiger partial charge in [0, 0.05) is 35.0 Å². The van der Waals surface area contributed by atoms with Gasteiger partial charge in [-0.15, -0.1) is 11.3 Å². The standard InChI is InChI=1S/C23H27N3S/c1-14-6-8-20(16(3)24-14)17-7-9-22-21(13-17)25-23(27-22)18-11-19(12-18)26-10-4-5-15(26)2/h6-9,13,15,18-19H,4-5,10-12H2,1-3H3. The third-order valence-corrected chi connectivity index (χ3v) is 7.67. The fourth-order valence-electron chi connectivity index (χ4n) is 4.84. The highest BCUT2D eigenvalue weighted by Gasteiger charge is 2.39. The summed E-state index contributed by atoms with van der Waals surface area (Å²) in [6.07, 6.45) is 5.33. The summed E-state index contributed by atoms with van der Waals surface area (Å²) in [4.78, 5) is 12.4. The number of hydrogen-bond donors (Lipinski definition) is 0. The topological polar surface area (TPSA) is 29.0 Å². The molecule has 27 heavy (non-hydrogen) atoms. The average Bonchev–Trinajstić information content (AvgIpc) is 3.19. The summed E-state index contributed by atoms with van der Waals surface area (Å²) in [6.45, 7) is 7.82. The van der Waals surface area contributed by atoms with Crippen LogP contribution in [0.5, 0.6) is 0 Å². The Balaban J connectivity index is 1.37. The van der Waals surface area contributed by atoms with Gasteiger partial charge in [0.1, 0.15) is 0 Å². The van der Waals surface area contributed by atoms with Crippen LogP contribution in [-0.2, 0) is 0 Å². The molecule has 0 amide bonds. The Kier molecular flexibility index (Phi) is 4.29. The number of rotatable bonds is 3. The first-order valence-corrected chi connectivity index (χ1v) is 11.0. The number of nitrogens with zero attached hydrogens (tertiary/aromatic N) is 3. The minimum absolute atomic E-state index is 0.659. The molecule has 1 saturated carbocycles. The van der Waals surface area contributed by atoms with Crippen molar-refractivity contribution in [1.82, 2.24) is 14.9 Å². The Labute approximate surface area is 165 Å². The Morgan fingerprint density at radius 2 is 1.93 bits per heavy atom. The second-order valence-corrected chi connectivity index (χ2v) is 9.43. The van der Waals surface area contributed by atoms with E-state index in [2.05, 4.69) is 54.1 Å². The zero-order chi connectivity index (χ0) is 18.5. The van der Waals surface area contributed by atoms with Crippen molar-refractivity contribution in [2.45, 2.75) is 64.5 Å². The number of benzene rings is 1. The van der Waals surface area contributed by atoms with Crippen molar-refractivity contribution in [1.29, 1.82) is 0 Å². The van der Waals surface area contributed by atoms with Crippen LogP contribution < -0.4 is 0 Å². The third kappa shape index (κ3) is 3.09. The van der Waals surface area contributed by atoms with Crippen LogP contribution >= 0.6 is 11.3 Å². The smallest absolute Gasteiger partial charge is 0.0970 e. The molecule has 5 rings (SSSR count). The van der Waals surface area contributed by atoms with Crippen LogP contribution in [0.3, 0.4) is 0 Å². The molecule has 1 aliphatic carbocycles. The van der Waals surface area contributed by atoms with Crippen LogP contribution in [0.2, 0.25) is 0 Å². The van der Waals surface area contributed by atoms with E-state index < -0.39 is 0 Å². The van der Waals surface area contributed by atoms with E-state index in [4.69, 9.17) is 4.98 Å². The van der Waals surface area contributed by atoms with Crippen molar-refractivity contribution in [3.8, 4) is 11.1 Å². The zero-order valence-electron chi connectivity index (χ0n) is 16.4. The summed E-state index contributed by atoms with van der Waals surface area (Å²) in [5.74, 6) is 0.659. The summed E-state index contributed by atoms with van der Waals surface area (Å²) in [5, 5.41) is 1.34. The van der Waals surface area contributed by atoms with Crippen LogP contribution in [0.15, 0.2) is 30.3 Å². The van der Waals surface area contributed by atoms with Gasteiger partial charge in [0.2, 0.25) is 0 Å². The van der Waals surface area contributed by atoms with E-state index in [1.807, 2.05) is 18.3 Å². The quantitative estimate of drug-likeness (QED) is 0.586. The molecule has 1 saturated heterocycles. The van der Waals surface area contributed by atoms with E-state index in [0.29, 0.717) is 5.92 Å². The van der Waals surface area contributed by atoms with Crippen LogP contribution in [0, 0.1) is 13.8 Å². The predicted molar refractivity (Wildman–Crippen MR) is 113 cm³/mol. The molecule has 0 N–H and O–H groups in total. The molecule has 3 heterocycles. The van der Waals surface area contributed by atoms with Crippen molar-refractivity contribution in [3.05, 3.63) is 46.7 Å². The molecule has 2 fully saturated rings. The van der Waals surface area contributed by atoms with Crippen molar-refractivity contribution < 1.29 is 0 Å². The summed E-state index contributed by atoms with van der Waals surface area (Å²) in [6, 6.07) is 12.5. The second kappa shape index (κ2) is 6.68. The molecule has 0 spiro atoms. The molecule has 0 bridgehead atoms. The molecule has 3 aromatic rings. The van der Waals surface area contributed by atoms with E-state index in [1.54, 1.807) is 0 Å². The van der Waals surface area contributed by atoms with Crippen molar-refractivity contribution >= 4 is 21.6 Å². The molecule has 1 atom stereocenters. The van der Waals surface area contributed by atoms with Crippen molar-refractivity contribution in [3.63, 3.8) is 0 Å². The first kappa shape index (κ1) is 17.3. The Morgan fingerprint density at radius 3 is 2.67 bits per heavy atom. The van der Waals surface area contributed by atoms with E-state index in [9.17, 15) is 0 Å². The minimum atomic E-state index is 0.659. The van der Waals surface area contributed by atoms with Gasteiger partial charge in [-0.2, -0.15) is 0 Å². The molecule has 3 nitrogen and oxygen atoms in total. The first-order valence-electron chi connectivity index (χ1n) is 10.2. The van der Waals surface area contributed by atoms with Crippen LogP contribution in [-0.4, -0.2) is 33.5 Å².